The van der Waals surface area contributed by atoms with Gasteiger partial charge in [0.2, 0.25) is 0 Å². The molecule has 0 saturated carbocycles. The number of carbonyl (C=O) groups excluding carboxylic acids is 1. The smallest absolute Gasteiger partial charge is 0.252 e. The Morgan fingerprint density at radius 1 is 1.22 bits per heavy atom. The van der Waals surface area contributed by atoms with Crippen molar-refractivity contribution in [3.8, 4) is 0 Å². The van der Waals surface area contributed by atoms with Gasteiger partial charge in [-0.1, -0.05) is 23.3 Å². The number of fused-ring (bicyclic) bond motifs is 1. The SMILES string of the molecule is Cc1ccc2nc(C)cc(C(=O)NCCC3=CCCCC3)c2c1. The van der Waals surface area contributed by atoms with E-state index in [4.69, 9.17) is 0 Å². The molecule has 2 aromatic rings. The minimum absolute atomic E-state index is 0.00232. The van der Waals surface area contributed by atoms with Crippen LogP contribution in [-0.4, -0.2) is 17.4 Å². The quantitative estimate of drug-likeness (QED) is 0.847. The predicted octanol–water partition coefficient (Wildman–Crippen LogP) is 4.47. The van der Waals surface area contributed by atoms with E-state index in [9.17, 15) is 4.79 Å². The summed E-state index contributed by atoms with van der Waals surface area (Å²) in [6.07, 6.45) is 8.27. The lowest BCUT2D eigenvalue weighted by Gasteiger charge is -2.13. The number of rotatable bonds is 4. The lowest BCUT2D eigenvalue weighted by atomic mass is 9.97. The van der Waals surface area contributed by atoms with E-state index >= 15 is 0 Å². The molecule has 0 unspecified atom stereocenters. The molecule has 3 heteroatoms. The van der Waals surface area contributed by atoms with E-state index < -0.39 is 0 Å². The largest absolute Gasteiger partial charge is 0.352 e. The summed E-state index contributed by atoms with van der Waals surface area (Å²) < 4.78 is 0. The van der Waals surface area contributed by atoms with Crippen LogP contribution in [0.15, 0.2) is 35.9 Å². The third-order valence-corrected chi connectivity index (χ3v) is 4.45. The van der Waals surface area contributed by atoms with Crippen LogP contribution in [0.1, 0.15) is 53.7 Å². The number of pyridine rings is 1. The van der Waals surface area contributed by atoms with Crippen LogP contribution in [0.4, 0.5) is 0 Å². The first kappa shape index (κ1) is 15.7. The molecule has 0 atom stereocenters. The van der Waals surface area contributed by atoms with Crippen molar-refractivity contribution in [3.05, 3.63) is 52.7 Å². The average molecular weight is 308 g/mol. The van der Waals surface area contributed by atoms with Crippen LogP contribution in [0.5, 0.6) is 0 Å². The number of hydrogen-bond acceptors (Lipinski definition) is 2. The summed E-state index contributed by atoms with van der Waals surface area (Å²) in [5.74, 6) is 0.00232. The summed E-state index contributed by atoms with van der Waals surface area (Å²) in [6.45, 7) is 4.68. The van der Waals surface area contributed by atoms with Crippen molar-refractivity contribution in [1.29, 1.82) is 0 Å². The van der Waals surface area contributed by atoms with Crippen molar-refractivity contribution in [3.63, 3.8) is 0 Å². The van der Waals surface area contributed by atoms with Crippen molar-refractivity contribution in [2.75, 3.05) is 6.54 Å². The number of nitrogens with one attached hydrogen (secondary N) is 1. The van der Waals surface area contributed by atoms with Gasteiger partial charge in [-0.15, -0.1) is 0 Å². The Kier molecular flexibility index (Phi) is 4.75. The molecule has 1 aromatic heterocycles. The van der Waals surface area contributed by atoms with Gasteiger partial charge in [0.1, 0.15) is 0 Å². The zero-order valence-electron chi connectivity index (χ0n) is 14.0. The van der Waals surface area contributed by atoms with E-state index in [1.807, 2.05) is 38.1 Å². The van der Waals surface area contributed by atoms with Gasteiger partial charge in [0.15, 0.2) is 0 Å². The van der Waals surface area contributed by atoms with Crippen LogP contribution in [-0.2, 0) is 0 Å². The minimum Gasteiger partial charge on any atom is -0.352 e. The number of aryl methyl sites for hydroxylation is 2. The van der Waals surface area contributed by atoms with Gasteiger partial charge in [-0.05, 0) is 64.2 Å². The maximum absolute atomic E-state index is 12.6. The molecule has 0 aliphatic heterocycles. The highest BCUT2D eigenvalue weighted by atomic mass is 16.1. The van der Waals surface area contributed by atoms with Gasteiger partial charge < -0.3 is 5.32 Å². The molecule has 1 aliphatic carbocycles. The van der Waals surface area contributed by atoms with Crippen molar-refractivity contribution >= 4 is 16.8 Å². The molecule has 1 aliphatic rings. The topological polar surface area (TPSA) is 42.0 Å². The third kappa shape index (κ3) is 3.79. The number of hydrogen-bond donors (Lipinski definition) is 1. The van der Waals surface area contributed by atoms with Gasteiger partial charge in [0.25, 0.3) is 5.91 Å². The first-order valence-electron chi connectivity index (χ1n) is 8.47. The van der Waals surface area contributed by atoms with Crippen LogP contribution in [0, 0.1) is 13.8 Å². The Morgan fingerprint density at radius 3 is 2.87 bits per heavy atom. The predicted molar refractivity (Wildman–Crippen MR) is 94.7 cm³/mol. The van der Waals surface area contributed by atoms with E-state index in [2.05, 4.69) is 16.4 Å². The van der Waals surface area contributed by atoms with Crippen LogP contribution in [0.2, 0.25) is 0 Å². The fraction of sp³-hybridized carbons (Fsp3) is 0.400. The number of aromatic nitrogens is 1. The number of amides is 1. The molecule has 0 bridgehead atoms. The van der Waals surface area contributed by atoms with Gasteiger partial charge in [0.05, 0.1) is 11.1 Å². The summed E-state index contributed by atoms with van der Waals surface area (Å²) in [4.78, 5) is 17.1. The highest BCUT2D eigenvalue weighted by molar-refractivity contribution is 6.06. The van der Waals surface area contributed by atoms with Crippen molar-refractivity contribution in [1.82, 2.24) is 10.3 Å². The van der Waals surface area contributed by atoms with E-state index in [1.54, 1.807) is 0 Å². The van der Waals surface area contributed by atoms with E-state index in [0.29, 0.717) is 6.54 Å². The Hall–Kier alpha value is -2.16. The normalized spacial score (nSPS) is 14.6. The highest BCUT2D eigenvalue weighted by Gasteiger charge is 2.12. The first-order chi connectivity index (χ1) is 11.1. The summed E-state index contributed by atoms with van der Waals surface area (Å²) in [5.41, 5.74) is 5.12. The Balaban J connectivity index is 1.75. The molecule has 1 heterocycles. The highest BCUT2D eigenvalue weighted by Crippen LogP contribution is 2.21. The Morgan fingerprint density at radius 2 is 2.09 bits per heavy atom. The second-order valence-corrected chi connectivity index (χ2v) is 6.45. The zero-order chi connectivity index (χ0) is 16.2. The second-order valence-electron chi connectivity index (χ2n) is 6.45. The molecule has 23 heavy (non-hydrogen) atoms. The van der Waals surface area contributed by atoms with Crippen LogP contribution >= 0.6 is 0 Å². The van der Waals surface area contributed by atoms with E-state index in [-0.39, 0.29) is 5.91 Å². The Labute approximate surface area is 137 Å². The van der Waals surface area contributed by atoms with Crippen molar-refractivity contribution in [2.45, 2.75) is 46.0 Å². The maximum atomic E-state index is 12.6. The van der Waals surface area contributed by atoms with Crippen LogP contribution in [0.3, 0.4) is 0 Å². The fourth-order valence-electron chi connectivity index (χ4n) is 3.22. The Bertz CT molecular complexity index is 762. The number of allylic oxidation sites excluding steroid dienone is 1. The number of nitrogens with zero attached hydrogens (tertiary/aromatic N) is 1. The lowest BCUT2D eigenvalue weighted by Crippen LogP contribution is -2.25. The van der Waals surface area contributed by atoms with Gasteiger partial charge in [-0.25, -0.2) is 0 Å². The molecule has 3 rings (SSSR count). The second kappa shape index (κ2) is 6.95. The summed E-state index contributed by atoms with van der Waals surface area (Å²) in [5, 5.41) is 4.01. The lowest BCUT2D eigenvalue weighted by molar-refractivity contribution is 0.0955. The molecule has 0 radical (unpaired) electrons. The molecular weight excluding hydrogens is 284 g/mol. The maximum Gasteiger partial charge on any atom is 0.252 e. The summed E-state index contributed by atoms with van der Waals surface area (Å²) >= 11 is 0. The molecular formula is C20H24N2O. The number of carbonyl (C=O) groups is 1. The molecule has 0 fully saturated rings. The van der Waals surface area contributed by atoms with Crippen molar-refractivity contribution < 1.29 is 4.79 Å². The molecule has 120 valence electrons. The standard InChI is InChI=1S/C20H24N2O/c1-14-8-9-19-17(12-14)18(13-15(2)22-19)20(23)21-11-10-16-6-4-3-5-7-16/h6,8-9,12-13H,3-5,7,10-11H2,1-2H3,(H,21,23). The number of benzene rings is 1. The summed E-state index contributed by atoms with van der Waals surface area (Å²) in [7, 11) is 0. The molecule has 0 spiro atoms. The van der Waals surface area contributed by atoms with E-state index in [0.717, 1.165) is 34.1 Å². The van der Waals surface area contributed by atoms with Crippen LogP contribution < -0.4 is 5.32 Å². The van der Waals surface area contributed by atoms with E-state index in [1.165, 1.54) is 31.3 Å². The molecule has 3 nitrogen and oxygen atoms in total. The molecule has 0 saturated heterocycles. The monoisotopic (exact) mass is 308 g/mol. The van der Waals surface area contributed by atoms with Crippen LogP contribution in [0.25, 0.3) is 10.9 Å². The molecule has 1 amide bonds. The average Bonchev–Trinajstić information content (AvgIpc) is 2.55. The van der Waals surface area contributed by atoms with Crippen molar-refractivity contribution in [2.24, 2.45) is 0 Å². The van der Waals surface area contributed by atoms with Gasteiger partial charge in [0, 0.05) is 17.6 Å². The first-order valence-corrected chi connectivity index (χ1v) is 8.47. The summed E-state index contributed by atoms with van der Waals surface area (Å²) in [6, 6.07) is 7.95. The fourth-order valence-corrected chi connectivity index (χ4v) is 3.22. The molecule has 1 N–H and O–H groups in total. The van der Waals surface area contributed by atoms with Gasteiger partial charge in [-0.2, -0.15) is 0 Å². The van der Waals surface area contributed by atoms with Gasteiger partial charge in [-0.3, -0.25) is 9.78 Å². The zero-order valence-corrected chi connectivity index (χ0v) is 14.0. The minimum atomic E-state index is 0.00232. The van der Waals surface area contributed by atoms with Gasteiger partial charge >= 0.3 is 0 Å². The molecule has 1 aromatic carbocycles. The third-order valence-electron chi connectivity index (χ3n) is 4.45.